The number of hydrogen-bond acceptors (Lipinski definition) is 6. The Bertz CT molecular complexity index is 867. The lowest BCUT2D eigenvalue weighted by atomic mass is 10.1. The molecular weight excluding hydrogens is 309 g/mol. The number of ether oxygens (including phenoxy) is 1. The average molecular weight is 325 g/mol. The van der Waals surface area contributed by atoms with E-state index >= 15 is 0 Å². The van der Waals surface area contributed by atoms with Gasteiger partial charge in [-0.15, -0.1) is 0 Å². The molecule has 0 aliphatic carbocycles. The number of aromatic nitrogens is 3. The van der Waals surface area contributed by atoms with E-state index in [-0.39, 0.29) is 23.3 Å². The zero-order valence-electron chi connectivity index (χ0n) is 13.2. The molecule has 24 heavy (non-hydrogen) atoms. The third-order valence-corrected chi connectivity index (χ3v) is 3.38. The lowest BCUT2D eigenvalue weighted by Gasteiger charge is -2.10. The van der Waals surface area contributed by atoms with Gasteiger partial charge in [-0.3, -0.25) is 0 Å². The molecule has 3 rings (SSSR count). The first-order valence-electron chi connectivity index (χ1n) is 7.25. The van der Waals surface area contributed by atoms with Gasteiger partial charge in [0.15, 0.2) is 5.82 Å². The van der Waals surface area contributed by atoms with Crippen molar-refractivity contribution in [3.8, 4) is 17.1 Å². The Hall–Kier alpha value is -3.22. The van der Waals surface area contributed by atoms with Crippen LogP contribution in [-0.4, -0.2) is 22.1 Å². The van der Waals surface area contributed by atoms with E-state index in [2.05, 4.69) is 20.3 Å². The molecule has 7 heteroatoms. The number of rotatable bonds is 4. The molecule has 2 aromatic carbocycles. The molecule has 0 bridgehead atoms. The molecule has 0 unspecified atom stereocenters. The Balaban J connectivity index is 2.02. The Morgan fingerprint density at radius 3 is 2.50 bits per heavy atom. The quantitative estimate of drug-likeness (QED) is 0.765. The molecular formula is C17H16FN5O. The van der Waals surface area contributed by atoms with Crippen molar-refractivity contribution in [1.29, 1.82) is 0 Å². The molecule has 0 spiro atoms. The van der Waals surface area contributed by atoms with E-state index in [1.165, 1.54) is 13.2 Å². The minimum absolute atomic E-state index is 0.0140. The average Bonchev–Trinajstić information content (AvgIpc) is 2.56. The van der Waals surface area contributed by atoms with Crippen LogP contribution in [0.4, 0.5) is 22.0 Å². The third-order valence-electron chi connectivity index (χ3n) is 3.38. The first-order chi connectivity index (χ1) is 11.6. The summed E-state index contributed by atoms with van der Waals surface area (Å²) in [5.74, 6) is 0.141. The topological polar surface area (TPSA) is 86.0 Å². The van der Waals surface area contributed by atoms with Gasteiger partial charge in [0.1, 0.15) is 11.6 Å². The van der Waals surface area contributed by atoms with Crippen molar-refractivity contribution in [2.24, 2.45) is 0 Å². The molecule has 3 N–H and O–H groups in total. The van der Waals surface area contributed by atoms with Gasteiger partial charge < -0.3 is 15.8 Å². The van der Waals surface area contributed by atoms with Crippen molar-refractivity contribution in [3.05, 3.63) is 53.8 Å². The number of benzene rings is 2. The Labute approximate surface area is 138 Å². The van der Waals surface area contributed by atoms with Crippen molar-refractivity contribution in [1.82, 2.24) is 15.0 Å². The smallest absolute Gasteiger partial charge is 0.232 e. The van der Waals surface area contributed by atoms with Crippen molar-refractivity contribution >= 4 is 17.6 Å². The third kappa shape index (κ3) is 3.24. The number of aryl methyl sites for hydroxylation is 1. The minimum Gasteiger partial charge on any atom is -0.496 e. The number of nitrogens with one attached hydrogen (secondary N) is 1. The van der Waals surface area contributed by atoms with Gasteiger partial charge in [-0.1, -0.05) is 23.8 Å². The van der Waals surface area contributed by atoms with Crippen LogP contribution in [0.5, 0.6) is 5.75 Å². The van der Waals surface area contributed by atoms with Crippen LogP contribution in [0, 0.1) is 12.7 Å². The number of nitrogens with two attached hydrogens (primary N) is 1. The maximum absolute atomic E-state index is 14.2. The van der Waals surface area contributed by atoms with Crippen molar-refractivity contribution in [3.63, 3.8) is 0 Å². The molecule has 0 atom stereocenters. The van der Waals surface area contributed by atoms with Crippen LogP contribution < -0.4 is 15.8 Å². The predicted molar refractivity (Wildman–Crippen MR) is 90.6 cm³/mol. The fourth-order valence-electron chi connectivity index (χ4n) is 2.22. The lowest BCUT2D eigenvalue weighted by Crippen LogP contribution is -2.06. The molecule has 0 aliphatic rings. The first-order valence-corrected chi connectivity index (χ1v) is 7.25. The van der Waals surface area contributed by atoms with Gasteiger partial charge in [0.25, 0.3) is 0 Å². The van der Waals surface area contributed by atoms with E-state index in [9.17, 15) is 4.39 Å². The lowest BCUT2D eigenvalue weighted by molar-refractivity contribution is 0.413. The Morgan fingerprint density at radius 2 is 1.79 bits per heavy atom. The SMILES string of the molecule is COc1cccc(F)c1-c1nc(N)nc(Nc2ccc(C)cc2)n1. The van der Waals surface area contributed by atoms with Gasteiger partial charge in [0.2, 0.25) is 11.9 Å². The second-order valence-corrected chi connectivity index (χ2v) is 5.15. The maximum Gasteiger partial charge on any atom is 0.232 e. The standard InChI is InChI=1S/C17H16FN5O/c1-10-6-8-11(9-7-10)20-17-22-15(21-16(19)23-17)14-12(18)4-3-5-13(14)24-2/h3-9H,1-2H3,(H3,19,20,21,22,23). The van der Waals surface area contributed by atoms with E-state index in [1.807, 2.05) is 31.2 Å². The van der Waals surface area contributed by atoms with E-state index in [4.69, 9.17) is 10.5 Å². The number of nitrogen functional groups attached to an aromatic ring is 1. The molecule has 0 saturated carbocycles. The summed E-state index contributed by atoms with van der Waals surface area (Å²) in [5, 5.41) is 3.03. The molecule has 3 aromatic rings. The van der Waals surface area contributed by atoms with Crippen molar-refractivity contribution < 1.29 is 9.13 Å². The second-order valence-electron chi connectivity index (χ2n) is 5.15. The van der Waals surface area contributed by atoms with Gasteiger partial charge in [0, 0.05) is 5.69 Å². The van der Waals surface area contributed by atoms with Gasteiger partial charge in [-0.05, 0) is 31.2 Å². The summed E-state index contributed by atoms with van der Waals surface area (Å²) in [6.45, 7) is 1.99. The molecule has 0 saturated heterocycles. The molecule has 1 heterocycles. The van der Waals surface area contributed by atoms with Gasteiger partial charge >= 0.3 is 0 Å². The van der Waals surface area contributed by atoms with Crippen molar-refractivity contribution in [2.45, 2.75) is 6.92 Å². The summed E-state index contributed by atoms with van der Waals surface area (Å²) in [4.78, 5) is 12.3. The minimum atomic E-state index is -0.499. The normalized spacial score (nSPS) is 10.5. The van der Waals surface area contributed by atoms with Crippen LogP contribution in [0.3, 0.4) is 0 Å². The summed E-state index contributed by atoms with van der Waals surface area (Å²) in [6, 6.07) is 12.2. The summed E-state index contributed by atoms with van der Waals surface area (Å²) >= 11 is 0. The number of methoxy groups -OCH3 is 1. The summed E-state index contributed by atoms with van der Waals surface area (Å²) < 4.78 is 19.4. The second kappa shape index (κ2) is 6.49. The van der Waals surface area contributed by atoms with Gasteiger partial charge in [-0.25, -0.2) is 4.39 Å². The molecule has 0 amide bonds. The van der Waals surface area contributed by atoms with Crippen LogP contribution in [0.15, 0.2) is 42.5 Å². The number of halogens is 1. The van der Waals surface area contributed by atoms with Crippen LogP contribution in [0.2, 0.25) is 0 Å². The fraction of sp³-hybridized carbons (Fsp3) is 0.118. The maximum atomic E-state index is 14.2. The summed E-state index contributed by atoms with van der Waals surface area (Å²) in [6.07, 6.45) is 0. The van der Waals surface area contributed by atoms with Crippen LogP contribution >= 0.6 is 0 Å². The molecule has 6 nitrogen and oxygen atoms in total. The highest BCUT2D eigenvalue weighted by molar-refractivity contribution is 5.67. The monoisotopic (exact) mass is 325 g/mol. The number of anilines is 3. The number of nitrogens with zero attached hydrogens (tertiary/aromatic N) is 3. The number of hydrogen-bond donors (Lipinski definition) is 2. The van der Waals surface area contributed by atoms with Gasteiger partial charge in [-0.2, -0.15) is 15.0 Å². The summed E-state index contributed by atoms with van der Waals surface area (Å²) in [7, 11) is 1.45. The predicted octanol–water partition coefficient (Wildman–Crippen LogP) is 3.32. The molecule has 0 fully saturated rings. The van der Waals surface area contributed by atoms with Gasteiger partial charge in [0.05, 0.1) is 12.7 Å². The van der Waals surface area contributed by atoms with E-state index < -0.39 is 5.82 Å². The van der Waals surface area contributed by atoms with Crippen LogP contribution in [0.1, 0.15) is 5.56 Å². The van der Waals surface area contributed by atoms with Crippen LogP contribution in [-0.2, 0) is 0 Å². The highest BCUT2D eigenvalue weighted by Gasteiger charge is 2.16. The molecule has 0 aliphatic heterocycles. The summed E-state index contributed by atoms with van der Waals surface area (Å²) in [5.41, 5.74) is 7.81. The zero-order chi connectivity index (χ0) is 17.1. The van der Waals surface area contributed by atoms with Crippen LogP contribution in [0.25, 0.3) is 11.4 Å². The Kier molecular flexibility index (Phi) is 4.24. The van der Waals surface area contributed by atoms with E-state index in [0.717, 1.165) is 11.3 Å². The largest absolute Gasteiger partial charge is 0.496 e. The van der Waals surface area contributed by atoms with Crippen molar-refractivity contribution in [2.75, 3.05) is 18.2 Å². The highest BCUT2D eigenvalue weighted by Crippen LogP contribution is 2.31. The van der Waals surface area contributed by atoms with E-state index in [1.54, 1.807) is 12.1 Å². The zero-order valence-corrected chi connectivity index (χ0v) is 13.2. The molecule has 1 aromatic heterocycles. The molecule has 0 radical (unpaired) electrons. The fourth-order valence-corrected chi connectivity index (χ4v) is 2.22. The molecule has 122 valence electrons. The van der Waals surface area contributed by atoms with E-state index in [0.29, 0.717) is 5.75 Å². The Morgan fingerprint density at radius 1 is 1.04 bits per heavy atom. The first kappa shape index (κ1) is 15.7. The highest BCUT2D eigenvalue weighted by atomic mass is 19.1.